The van der Waals surface area contributed by atoms with Gasteiger partial charge in [-0.2, -0.15) is 0 Å². The normalized spacial score (nSPS) is 14.5. The predicted molar refractivity (Wildman–Crippen MR) is 111 cm³/mol. The second-order valence-corrected chi connectivity index (χ2v) is 8.01. The van der Waals surface area contributed by atoms with Crippen LogP contribution in [0.2, 0.25) is 0 Å². The molecule has 0 bridgehead atoms. The molecule has 1 saturated heterocycles. The molecule has 3 aromatic rings. The van der Waals surface area contributed by atoms with Crippen molar-refractivity contribution in [2.75, 3.05) is 25.0 Å². The van der Waals surface area contributed by atoms with Crippen molar-refractivity contribution in [1.29, 1.82) is 0 Å². The zero-order valence-corrected chi connectivity index (χ0v) is 16.7. The molecule has 29 heavy (non-hydrogen) atoms. The summed E-state index contributed by atoms with van der Waals surface area (Å²) in [5, 5.41) is 3.20. The molecule has 2 aromatic carbocycles. The second-order valence-electron chi connectivity index (χ2n) is 6.98. The molecular weight excluding hydrogens is 388 g/mol. The van der Waals surface area contributed by atoms with E-state index in [9.17, 15) is 14.4 Å². The van der Waals surface area contributed by atoms with Gasteiger partial charge in [-0.1, -0.05) is 53.3 Å². The molecule has 0 unspecified atom stereocenters. The van der Waals surface area contributed by atoms with Crippen LogP contribution in [0.5, 0.6) is 0 Å². The lowest BCUT2D eigenvalue weighted by atomic mass is 10.1. The van der Waals surface area contributed by atoms with Crippen molar-refractivity contribution in [1.82, 2.24) is 14.8 Å². The number of aryl methyl sites for hydroxylation is 1. The monoisotopic (exact) mass is 408 g/mol. The van der Waals surface area contributed by atoms with Crippen molar-refractivity contribution in [3.8, 4) is 0 Å². The molecular formula is C21H20N4O3S. The van der Waals surface area contributed by atoms with Crippen LogP contribution >= 0.6 is 11.3 Å². The van der Waals surface area contributed by atoms with Crippen LogP contribution in [0.1, 0.15) is 11.1 Å². The van der Waals surface area contributed by atoms with Gasteiger partial charge in [0.2, 0.25) is 5.91 Å². The number of hydrogen-bond donors (Lipinski definition) is 1. The highest BCUT2D eigenvalue weighted by atomic mass is 32.1. The molecule has 3 amide bonds. The van der Waals surface area contributed by atoms with Crippen molar-refractivity contribution < 1.29 is 14.4 Å². The first-order valence-electron chi connectivity index (χ1n) is 9.29. The lowest BCUT2D eigenvalue weighted by Crippen LogP contribution is -2.55. The Morgan fingerprint density at radius 3 is 2.62 bits per heavy atom. The van der Waals surface area contributed by atoms with Gasteiger partial charge in [0.05, 0.1) is 10.2 Å². The number of amides is 3. The molecule has 1 N–H and O–H groups in total. The summed E-state index contributed by atoms with van der Waals surface area (Å²) in [6, 6.07) is 15.4. The Hall–Kier alpha value is -3.26. The Morgan fingerprint density at radius 1 is 1.07 bits per heavy atom. The van der Waals surface area contributed by atoms with E-state index in [4.69, 9.17) is 0 Å². The molecule has 4 rings (SSSR count). The standard InChI is InChI=1S/C21H20N4O3S/c1-14-5-4-6-15(11-14)12-24-9-10-25(20(28)19(24)27)13-18(26)23-21-22-16-7-2-3-8-17(16)29-21/h2-8,11H,9-10,12-13H2,1H3,(H,22,23,26). The van der Waals surface area contributed by atoms with Crippen LogP contribution < -0.4 is 5.32 Å². The molecule has 1 aliphatic rings. The lowest BCUT2D eigenvalue weighted by Gasteiger charge is -2.33. The van der Waals surface area contributed by atoms with E-state index in [-0.39, 0.29) is 12.5 Å². The smallest absolute Gasteiger partial charge is 0.312 e. The van der Waals surface area contributed by atoms with Crippen LogP contribution in [-0.2, 0) is 20.9 Å². The quantitative estimate of drug-likeness (QED) is 0.658. The number of anilines is 1. The third-order valence-electron chi connectivity index (χ3n) is 4.73. The van der Waals surface area contributed by atoms with Gasteiger partial charge in [-0.3, -0.25) is 14.4 Å². The second kappa shape index (κ2) is 8.00. The maximum atomic E-state index is 12.5. The van der Waals surface area contributed by atoms with Crippen molar-refractivity contribution in [2.24, 2.45) is 0 Å². The number of para-hydroxylation sites is 1. The summed E-state index contributed by atoms with van der Waals surface area (Å²) < 4.78 is 0.971. The maximum absolute atomic E-state index is 12.5. The predicted octanol–water partition coefficient (Wildman–Crippen LogP) is 2.41. The van der Waals surface area contributed by atoms with Gasteiger partial charge in [0, 0.05) is 19.6 Å². The first-order chi connectivity index (χ1) is 14.0. The number of thiazole rings is 1. The third kappa shape index (κ3) is 4.27. The highest BCUT2D eigenvalue weighted by Crippen LogP contribution is 2.25. The van der Waals surface area contributed by atoms with Gasteiger partial charge >= 0.3 is 11.8 Å². The maximum Gasteiger partial charge on any atom is 0.312 e. The van der Waals surface area contributed by atoms with E-state index in [1.807, 2.05) is 55.5 Å². The van der Waals surface area contributed by atoms with Gasteiger partial charge in [0.15, 0.2) is 5.13 Å². The molecule has 1 aromatic heterocycles. The van der Waals surface area contributed by atoms with Gasteiger partial charge in [-0.15, -0.1) is 0 Å². The third-order valence-corrected chi connectivity index (χ3v) is 5.68. The fourth-order valence-electron chi connectivity index (χ4n) is 3.31. The van der Waals surface area contributed by atoms with Crippen molar-refractivity contribution in [3.63, 3.8) is 0 Å². The fourth-order valence-corrected chi connectivity index (χ4v) is 4.19. The van der Waals surface area contributed by atoms with E-state index in [0.29, 0.717) is 24.8 Å². The Bertz CT molecular complexity index is 1060. The van der Waals surface area contributed by atoms with Crippen LogP contribution in [0, 0.1) is 6.92 Å². The molecule has 0 spiro atoms. The van der Waals surface area contributed by atoms with Crippen molar-refractivity contribution in [2.45, 2.75) is 13.5 Å². The molecule has 1 aliphatic heterocycles. The minimum Gasteiger partial charge on any atom is -0.328 e. The van der Waals surface area contributed by atoms with Gasteiger partial charge in [0.25, 0.3) is 0 Å². The number of piperazine rings is 1. The molecule has 148 valence electrons. The Balaban J connectivity index is 1.35. The first kappa shape index (κ1) is 19.1. The summed E-state index contributed by atoms with van der Waals surface area (Å²) in [6.07, 6.45) is 0. The molecule has 2 heterocycles. The van der Waals surface area contributed by atoms with Crippen LogP contribution in [0.15, 0.2) is 48.5 Å². The van der Waals surface area contributed by atoms with Gasteiger partial charge < -0.3 is 15.1 Å². The van der Waals surface area contributed by atoms with E-state index < -0.39 is 11.8 Å². The van der Waals surface area contributed by atoms with Gasteiger partial charge in [0.1, 0.15) is 6.54 Å². The van der Waals surface area contributed by atoms with Crippen molar-refractivity contribution >= 4 is 44.4 Å². The molecule has 7 nitrogen and oxygen atoms in total. The van der Waals surface area contributed by atoms with Crippen LogP contribution in [0.3, 0.4) is 0 Å². The summed E-state index contributed by atoms with van der Waals surface area (Å²) in [4.78, 5) is 44.5. The molecule has 1 fully saturated rings. The van der Waals surface area contributed by atoms with E-state index in [1.54, 1.807) is 0 Å². The first-order valence-corrected chi connectivity index (χ1v) is 10.1. The number of rotatable bonds is 5. The topological polar surface area (TPSA) is 82.6 Å². The summed E-state index contributed by atoms with van der Waals surface area (Å²) in [6.45, 7) is 2.92. The number of aromatic nitrogens is 1. The molecule has 8 heteroatoms. The number of fused-ring (bicyclic) bond motifs is 1. The highest BCUT2D eigenvalue weighted by molar-refractivity contribution is 7.22. The van der Waals surface area contributed by atoms with Crippen LogP contribution in [-0.4, -0.2) is 52.1 Å². The Kier molecular flexibility index (Phi) is 5.26. The van der Waals surface area contributed by atoms with E-state index in [0.717, 1.165) is 21.3 Å². The minimum atomic E-state index is -0.650. The van der Waals surface area contributed by atoms with Gasteiger partial charge in [-0.25, -0.2) is 4.98 Å². The van der Waals surface area contributed by atoms with Gasteiger partial charge in [-0.05, 0) is 24.6 Å². The van der Waals surface area contributed by atoms with E-state index in [1.165, 1.54) is 21.1 Å². The lowest BCUT2D eigenvalue weighted by molar-refractivity contribution is -0.157. The average Bonchev–Trinajstić information content (AvgIpc) is 3.10. The molecule has 0 radical (unpaired) electrons. The zero-order chi connectivity index (χ0) is 20.4. The summed E-state index contributed by atoms with van der Waals surface area (Å²) in [5.74, 6) is -1.59. The average molecular weight is 408 g/mol. The Morgan fingerprint density at radius 2 is 1.83 bits per heavy atom. The van der Waals surface area contributed by atoms with E-state index in [2.05, 4.69) is 10.3 Å². The largest absolute Gasteiger partial charge is 0.328 e. The Labute approximate surface area is 171 Å². The number of hydrogen-bond acceptors (Lipinski definition) is 5. The highest BCUT2D eigenvalue weighted by Gasteiger charge is 2.33. The summed E-state index contributed by atoms with van der Waals surface area (Å²) >= 11 is 1.37. The molecule has 0 atom stereocenters. The fraction of sp³-hybridized carbons (Fsp3) is 0.238. The van der Waals surface area contributed by atoms with E-state index >= 15 is 0 Å². The van der Waals surface area contributed by atoms with Crippen LogP contribution in [0.25, 0.3) is 10.2 Å². The molecule has 0 aliphatic carbocycles. The number of benzene rings is 2. The minimum absolute atomic E-state index is 0.168. The summed E-state index contributed by atoms with van der Waals surface area (Å²) in [7, 11) is 0. The van der Waals surface area contributed by atoms with Crippen LogP contribution in [0.4, 0.5) is 5.13 Å². The van der Waals surface area contributed by atoms with Crippen molar-refractivity contribution in [3.05, 3.63) is 59.7 Å². The zero-order valence-electron chi connectivity index (χ0n) is 15.9. The number of nitrogens with zero attached hydrogens (tertiary/aromatic N) is 3. The summed E-state index contributed by atoms with van der Waals surface area (Å²) in [5.41, 5.74) is 2.89. The number of carbonyl (C=O) groups excluding carboxylic acids is 3. The number of nitrogens with one attached hydrogen (secondary N) is 1. The number of carbonyl (C=O) groups is 3. The SMILES string of the molecule is Cc1cccc(CN2CCN(CC(=O)Nc3nc4ccccc4s3)C(=O)C2=O)c1. The molecule has 0 saturated carbocycles.